The average Bonchev–Trinajstić information content (AvgIpc) is 2.54. The predicted octanol–water partition coefficient (Wildman–Crippen LogP) is 2.23. The van der Waals surface area contributed by atoms with Crippen molar-refractivity contribution in [3.05, 3.63) is 18.2 Å². The maximum absolute atomic E-state index is 12.6. The Hall–Kier alpha value is -1.50. The number of hydrogen-bond donors (Lipinski definition) is 1. The summed E-state index contributed by atoms with van der Waals surface area (Å²) in [5.41, 5.74) is 6.69. The molecule has 6 nitrogen and oxygen atoms in total. The lowest BCUT2D eigenvalue weighted by molar-refractivity contribution is -0.120. The highest BCUT2D eigenvalue weighted by Gasteiger charge is 2.22. The van der Waals surface area contributed by atoms with E-state index in [-0.39, 0.29) is 18.3 Å². The Morgan fingerprint density at radius 3 is 2.39 bits per heavy atom. The number of hydrogen-bond acceptors (Lipinski definition) is 5. The van der Waals surface area contributed by atoms with Crippen LogP contribution in [-0.4, -0.2) is 46.4 Å². The maximum atomic E-state index is 12.6. The van der Waals surface area contributed by atoms with E-state index in [0.717, 1.165) is 6.42 Å². The van der Waals surface area contributed by atoms with Crippen molar-refractivity contribution in [1.29, 1.82) is 0 Å². The third-order valence-electron chi connectivity index (χ3n) is 3.38. The first-order valence-corrected chi connectivity index (χ1v) is 7.36. The summed E-state index contributed by atoms with van der Waals surface area (Å²) >= 11 is 0. The van der Waals surface area contributed by atoms with Crippen LogP contribution in [0.2, 0.25) is 0 Å². The Labute approximate surface area is 144 Å². The van der Waals surface area contributed by atoms with Crippen molar-refractivity contribution < 1.29 is 19.0 Å². The van der Waals surface area contributed by atoms with Crippen LogP contribution in [-0.2, 0) is 9.53 Å². The second-order valence-corrected chi connectivity index (χ2v) is 4.92. The molecule has 1 aromatic rings. The van der Waals surface area contributed by atoms with Crippen molar-refractivity contribution in [3.63, 3.8) is 0 Å². The number of anilines is 1. The van der Waals surface area contributed by atoms with E-state index in [0.29, 0.717) is 36.8 Å². The first-order valence-electron chi connectivity index (χ1n) is 7.36. The molecule has 0 aromatic heterocycles. The summed E-state index contributed by atoms with van der Waals surface area (Å²) < 4.78 is 15.6. The van der Waals surface area contributed by atoms with Gasteiger partial charge in [0, 0.05) is 25.4 Å². The third kappa shape index (κ3) is 5.89. The Bertz CT molecular complexity index is 485. The highest BCUT2D eigenvalue weighted by atomic mass is 35.5. The number of nitrogens with zero attached hydrogens (tertiary/aromatic N) is 1. The van der Waals surface area contributed by atoms with Gasteiger partial charge in [-0.3, -0.25) is 4.79 Å². The quantitative estimate of drug-likeness (QED) is 0.742. The standard InChI is InChI=1S/C16H26N2O4.ClH/c1-5-6-13(17)16(19)18(9-10-20-2)12-7-8-14(21-3)15(11-12)22-4;/h7-8,11,13H,5-6,9-10,17H2,1-4H3;1H. The molecule has 0 aliphatic heterocycles. The number of carbonyl (C=O) groups excluding carboxylic acids is 1. The summed E-state index contributed by atoms with van der Waals surface area (Å²) in [5, 5.41) is 0. The lowest BCUT2D eigenvalue weighted by Gasteiger charge is -2.26. The molecular formula is C16H27ClN2O4. The van der Waals surface area contributed by atoms with Gasteiger partial charge in [0.15, 0.2) is 11.5 Å². The minimum absolute atomic E-state index is 0. The van der Waals surface area contributed by atoms with Gasteiger partial charge in [0.05, 0.1) is 26.9 Å². The molecule has 0 aliphatic rings. The topological polar surface area (TPSA) is 74.0 Å². The minimum Gasteiger partial charge on any atom is -0.493 e. The molecule has 1 unspecified atom stereocenters. The summed E-state index contributed by atoms with van der Waals surface area (Å²) in [5.74, 6) is 1.06. The molecule has 0 spiro atoms. The van der Waals surface area contributed by atoms with Gasteiger partial charge in [-0.05, 0) is 18.6 Å². The molecule has 1 amide bonds. The van der Waals surface area contributed by atoms with E-state index in [2.05, 4.69) is 0 Å². The molecule has 0 fully saturated rings. The fourth-order valence-electron chi connectivity index (χ4n) is 2.18. The monoisotopic (exact) mass is 346 g/mol. The maximum Gasteiger partial charge on any atom is 0.243 e. The summed E-state index contributed by atoms with van der Waals surface area (Å²) in [6.45, 7) is 2.87. The van der Waals surface area contributed by atoms with Crippen LogP contribution in [0.4, 0.5) is 5.69 Å². The van der Waals surface area contributed by atoms with Crippen LogP contribution < -0.4 is 20.1 Å². The smallest absolute Gasteiger partial charge is 0.243 e. The molecule has 2 N–H and O–H groups in total. The van der Waals surface area contributed by atoms with Crippen LogP contribution in [0, 0.1) is 0 Å². The number of amides is 1. The number of rotatable bonds is 9. The molecule has 0 radical (unpaired) electrons. The van der Waals surface area contributed by atoms with Crippen molar-refractivity contribution in [2.45, 2.75) is 25.8 Å². The van der Waals surface area contributed by atoms with Gasteiger partial charge in [-0.1, -0.05) is 13.3 Å². The molecule has 0 aliphatic carbocycles. The Morgan fingerprint density at radius 2 is 1.87 bits per heavy atom. The summed E-state index contributed by atoms with van der Waals surface area (Å²) in [6.07, 6.45) is 1.51. The minimum atomic E-state index is -0.519. The summed E-state index contributed by atoms with van der Waals surface area (Å²) in [7, 11) is 4.73. The van der Waals surface area contributed by atoms with Gasteiger partial charge in [0.1, 0.15) is 0 Å². The molecule has 7 heteroatoms. The van der Waals surface area contributed by atoms with Gasteiger partial charge in [-0.15, -0.1) is 12.4 Å². The predicted molar refractivity (Wildman–Crippen MR) is 93.9 cm³/mol. The molecule has 0 saturated carbocycles. The van der Waals surface area contributed by atoms with Crippen LogP contribution in [0.1, 0.15) is 19.8 Å². The molecule has 0 heterocycles. The van der Waals surface area contributed by atoms with E-state index in [4.69, 9.17) is 19.9 Å². The van der Waals surface area contributed by atoms with E-state index < -0.39 is 6.04 Å². The van der Waals surface area contributed by atoms with Crippen molar-refractivity contribution >= 4 is 24.0 Å². The van der Waals surface area contributed by atoms with Crippen LogP contribution in [0.25, 0.3) is 0 Å². The van der Waals surface area contributed by atoms with Crippen LogP contribution in [0.15, 0.2) is 18.2 Å². The molecule has 1 aromatic carbocycles. The second-order valence-electron chi connectivity index (χ2n) is 4.92. The van der Waals surface area contributed by atoms with E-state index in [9.17, 15) is 4.79 Å². The lowest BCUT2D eigenvalue weighted by atomic mass is 10.1. The molecule has 1 rings (SSSR count). The zero-order chi connectivity index (χ0) is 16.5. The first-order chi connectivity index (χ1) is 10.6. The zero-order valence-electron chi connectivity index (χ0n) is 14.2. The van der Waals surface area contributed by atoms with Crippen LogP contribution in [0.5, 0.6) is 11.5 Å². The number of halogens is 1. The van der Waals surface area contributed by atoms with Crippen molar-refractivity contribution in [3.8, 4) is 11.5 Å². The summed E-state index contributed by atoms with van der Waals surface area (Å²) in [4.78, 5) is 14.2. The van der Waals surface area contributed by atoms with Gasteiger partial charge >= 0.3 is 0 Å². The number of nitrogens with two attached hydrogens (primary N) is 1. The first kappa shape index (κ1) is 21.5. The molecule has 132 valence electrons. The van der Waals surface area contributed by atoms with Crippen molar-refractivity contribution in [2.24, 2.45) is 5.73 Å². The average molecular weight is 347 g/mol. The van der Waals surface area contributed by atoms with E-state index in [1.54, 1.807) is 38.4 Å². The Kier molecular flexibility index (Phi) is 10.4. The number of ether oxygens (including phenoxy) is 3. The summed E-state index contributed by atoms with van der Waals surface area (Å²) in [6, 6.07) is 4.83. The normalized spacial score (nSPS) is 11.3. The third-order valence-corrected chi connectivity index (χ3v) is 3.38. The highest BCUT2D eigenvalue weighted by molar-refractivity contribution is 5.97. The Morgan fingerprint density at radius 1 is 1.22 bits per heavy atom. The van der Waals surface area contributed by atoms with Crippen LogP contribution >= 0.6 is 12.4 Å². The van der Waals surface area contributed by atoms with Crippen molar-refractivity contribution in [1.82, 2.24) is 0 Å². The lowest BCUT2D eigenvalue weighted by Crippen LogP contribution is -2.45. The van der Waals surface area contributed by atoms with E-state index in [1.165, 1.54) is 0 Å². The number of methoxy groups -OCH3 is 3. The zero-order valence-corrected chi connectivity index (χ0v) is 15.0. The fourth-order valence-corrected chi connectivity index (χ4v) is 2.18. The fraction of sp³-hybridized carbons (Fsp3) is 0.562. The van der Waals surface area contributed by atoms with Crippen molar-refractivity contribution in [2.75, 3.05) is 39.4 Å². The van der Waals surface area contributed by atoms with Gasteiger partial charge in [0.25, 0.3) is 0 Å². The highest BCUT2D eigenvalue weighted by Crippen LogP contribution is 2.31. The van der Waals surface area contributed by atoms with E-state index >= 15 is 0 Å². The van der Waals surface area contributed by atoms with Gasteiger partial charge < -0.3 is 24.8 Å². The molecule has 1 atom stereocenters. The molecule has 23 heavy (non-hydrogen) atoms. The second kappa shape index (κ2) is 11.1. The number of benzene rings is 1. The van der Waals surface area contributed by atoms with E-state index in [1.807, 2.05) is 13.0 Å². The van der Waals surface area contributed by atoms with Crippen LogP contribution in [0.3, 0.4) is 0 Å². The van der Waals surface area contributed by atoms with Gasteiger partial charge in [-0.25, -0.2) is 0 Å². The number of carbonyl (C=O) groups is 1. The SMILES string of the molecule is CCCC(N)C(=O)N(CCOC)c1ccc(OC)c(OC)c1.Cl. The molecule has 0 bridgehead atoms. The molecular weight excluding hydrogens is 320 g/mol. The largest absolute Gasteiger partial charge is 0.493 e. The molecule has 0 saturated heterocycles. The van der Waals surface area contributed by atoms with Gasteiger partial charge in [-0.2, -0.15) is 0 Å². The van der Waals surface area contributed by atoms with Gasteiger partial charge in [0.2, 0.25) is 5.91 Å². The Balaban J connectivity index is 0.00000484.